The number of nitrogens with one attached hydrogen (secondary N) is 2. The van der Waals surface area contributed by atoms with Crippen LogP contribution in [-0.4, -0.2) is 61.6 Å². The van der Waals surface area contributed by atoms with Crippen LogP contribution >= 0.6 is 0 Å². The lowest BCUT2D eigenvalue weighted by Crippen LogP contribution is -2.51. The van der Waals surface area contributed by atoms with Crippen LogP contribution in [0.2, 0.25) is 0 Å². The number of carbonyl (C=O) groups excluding carboxylic acids is 3. The Morgan fingerprint density at radius 1 is 0.681 bits per heavy atom. The Morgan fingerprint density at radius 3 is 1.91 bits per heavy atom. The Labute approximate surface area is 426 Å². The number of alkyl carbamates (subject to hydrolysis) is 1. The normalized spacial score (nSPS) is 25.6. The fraction of sp³-hybridized carbons (Fsp3) is 0.918. The third-order valence-electron chi connectivity index (χ3n) is 18.5. The average molecular weight is 966 g/mol. The van der Waals surface area contributed by atoms with Crippen molar-refractivity contribution < 1.29 is 19.1 Å². The maximum atomic E-state index is 13.4. The van der Waals surface area contributed by atoms with Gasteiger partial charge < -0.3 is 26.0 Å². The van der Waals surface area contributed by atoms with Crippen molar-refractivity contribution in [2.75, 3.05) is 32.7 Å². The van der Waals surface area contributed by atoms with Crippen LogP contribution in [0.4, 0.5) is 4.79 Å². The largest absolute Gasteiger partial charge is 0.446 e. The minimum atomic E-state index is -0.276. The average Bonchev–Trinajstić information content (AvgIpc) is 3.69. The number of rotatable bonds is 38. The SMILES string of the molecule is CCCCCCCCCCCCCCCCCCC(=O)N(CCCCCCNC(=O)O[C@H]1CC[C@@]2(C)C(=CC[C@H]3[C@@H]4CC[C@H]([C@H](C)CCCC(C)C)[C@@]4(C)CC[C@@H]32)C1)CC(=O)NCCCCCCN. The predicted octanol–water partition coefficient (Wildman–Crippen LogP) is 15.8. The fourth-order valence-corrected chi connectivity index (χ4v) is 14.3. The van der Waals surface area contributed by atoms with Crippen LogP contribution in [0.1, 0.15) is 273 Å². The topological polar surface area (TPSA) is 114 Å². The summed E-state index contributed by atoms with van der Waals surface area (Å²) in [5.74, 6) is 5.04. The van der Waals surface area contributed by atoms with Gasteiger partial charge >= 0.3 is 6.09 Å². The molecule has 3 saturated carbocycles. The smallest absolute Gasteiger partial charge is 0.407 e. The van der Waals surface area contributed by atoms with E-state index < -0.39 is 0 Å². The molecule has 0 aromatic heterocycles. The van der Waals surface area contributed by atoms with Gasteiger partial charge in [-0.15, -0.1) is 0 Å². The summed E-state index contributed by atoms with van der Waals surface area (Å²) >= 11 is 0. The molecule has 3 amide bonds. The quantitative estimate of drug-likeness (QED) is 0.0421. The van der Waals surface area contributed by atoms with Crippen LogP contribution in [0.15, 0.2) is 11.6 Å². The summed E-state index contributed by atoms with van der Waals surface area (Å²) in [6.45, 7) is 17.6. The Kier molecular flexibility index (Phi) is 29.0. The molecular weight excluding hydrogens is 853 g/mol. The second kappa shape index (κ2) is 33.6. The van der Waals surface area contributed by atoms with E-state index in [4.69, 9.17) is 10.5 Å². The molecule has 8 atom stereocenters. The van der Waals surface area contributed by atoms with E-state index in [1.54, 1.807) is 10.5 Å². The molecule has 0 saturated heterocycles. The van der Waals surface area contributed by atoms with Gasteiger partial charge in [-0.05, 0) is 130 Å². The molecule has 8 nitrogen and oxygen atoms in total. The van der Waals surface area contributed by atoms with E-state index >= 15 is 0 Å². The monoisotopic (exact) mass is 965 g/mol. The molecule has 400 valence electrons. The van der Waals surface area contributed by atoms with Crippen molar-refractivity contribution in [3.05, 3.63) is 11.6 Å². The standard InChI is InChI=1S/C61H112N4O4/c1-7-8-9-10-11-12-13-14-15-16-17-18-19-20-21-26-34-58(67)65(48-57(66)63-44-28-23-22-27-43-62)46-30-25-24-29-45-64-59(68)69-52-39-41-60(5)51(47-52)35-36-53-55-38-37-54(50(4)33-31-32-49(2)3)61(55,6)42-40-56(53)60/h35,49-50,52-56H,7-34,36-48,62H2,1-6H3,(H,63,66)(H,64,68)/t50-,52+,53+,54-,55+,56+,60+,61-/m1/s1. The molecule has 0 aromatic rings. The van der Waals surface area contributed by atoms with Crippen molar-refractivity contribution in [2.24, 2.45) is 52.1 Å². The van der Waals surface area contributed by atoms with Crippen LogP contribution in [0.3, 0.4) is 0 Å². The zero-order valence-corrected chi connectivity index (χ0v) is 46.3. The van der Waals surface area contributed by atoms with Gasteiger partial charge in [0.05, 0.1) is 6.54 Å². The molecule has 0 spiro atoms. The van der Waals surface area contributed by atoms with E-state index in [2.05, 4.69) is 58.3 Å². The van der Waals surface area contributed by atoms with Crippen LogP contribution in [0.25, 0.3) is 0 Å². The lowest BCUT2D eigenvalue weighted by atomic mass is 9.47. The van der Waals surface area contributed by atoms with Crippen molar-refractivity contribution in [1.29, 1.82) is 0 Å². The predicted molar refractivity (Wildman–Crippen MR) is 291 cm³/mol. The van der Waals surface area contributed by atoms with Crippen molar-refractivity contribution in [1.82, 2.24) is 15.5 Å². The van der Waals surface area contributed by atoms with E-state index in [-0.39, 0.29) is 36.0 Å². The number of fused-ring (bicyclic) bond motifs is 5. The Morgan fingerprint density at radius 2 is 1.28 bits per heavy atom. The summed E-state index contributed by atoms with van der Waals surface area (Å²) in [5.41, 5.74) is 7.96. The molecule has 8 heteroatoms. The number of nitrogens with zero attached hydrogens (tertiary/aromatic N) is 1. The maximum Gasteiger partial charge on any atom is 0.407 e. The highest BCUT2D eigenvalue weighted by atomic mass is 16.6. The maximum absolute atomic E-state index is 13.4. The second-order valence-electron chi connectivity index (χ2n) is 24.3. The molecule has 4 rings (SSSR count). The molecule has 0 heterocycles. The first-order valence-electron chi connectivity index (χ1n) is 30.3. The zero-order valence-electron chi connectivity index (χ0n) is 46.3. The number of hydrogen-bond acceptors (Lipinski definition) is 5. The van der Waals surface area contributed by atoms with E-state index in [0.717, 1.165) is 119 Å². The van der Waals surface area contributed by atoms with Gasteiger partial charge in [0, 0.05) is 32.5 Å². The van der Waals surface area contributed by atoms with Gasteiger partial charge in [0.1, 0.15) is 6.10 Å². The number of ether oxygens (including phenoxy) is 1. The van der Waals surface area contributed by atoms with Crippen LogP contribution in [0.5, 0.6) is 0 Å². The number of hydrogen-bond donors (Lipinski definition) is 3. The molecule has 0 radical (unpaired) electrons. The first-order valence-corrected chi connectivity index (χ1v) is 30.3. The molecule has 0 aromatic carbocycles. The molecule has 4 N–H and O–H groups in total. The summed E-state index contributed by atoms with van der Waals surface area (Å²) in [4.78, 5) is 41.2. The molecule has 3 fully saturated rings. The Bertz CT molecular complexity index is 1450. The Hall–Kier alpha value is -2.09. The van der Waals surface area contributed by atoms with Gasteiger partial charge in [-0.1, -0.05) is 194 Å². The molecule has 0 unspecified atom stereocenters. The molecule has 69 heavy (non-hydrogen) atoms. The number of carbonyl (C=O) groups is 3. The molecule has 4 aliphatic carbocycles. The zero-order chi connectivity index (χ0) is 49.7. The summed E-state index contributed by atoms with van der Waals surface area (Å²) in [6.07, 6.45) is 45.6. The first-order chi connectivity index (χ1) is 33.4. The van der Waals surface area contributed by atoms with Crippen LogP contribution in [0, 0.1) is 46.3 Å². The van der Waals surface area contributed by atoms with Gasteiger partial charge in [-0.3, -0.25) is 9.59 Å². The third kappa shape index (κ3) is 20.7. The number of nitrogens with two attached hydrogens (primary N) is 1. The molecule has 4 aliphatic rings. The van der Waals surface area contributed by atoms with E-state index in [1.165, 1.54) is 141 Å². The molecular formula is C61H112N4O4. The highest BCUT2D eigenvalue weighted by Gasteiger charge is 2.59. The highest BCUT2D eigenvalue weighted by molar-refractivity contribution is 5.84. The van der Waals surface area contributed by atoms with E-state index in [1.807, 2.05) is 0 Å². The van der Waals surface area contributed by atoms with E-state index in [9.17, 15) is 14.4 Å². The second-order valence-corrected chi connectivity index (χ2v) is 24.3. The van der Waals surface area contributed by atoms with Crippen LogP contribution < -0.4 is 16.4 Å². The van der Waals surface area contributed by atoms with Crippen molar-refractivity contribution >= 4 is 17.9 Å². The lowest BCUT2D eigenvalue weighted by Gasteiger charge is -2.58. The molecule has 0 aliphatic heterocycles. The minimum absolute atomic E-state index is 0.0339. The summed E-state index contributed by atoms with van der Waals surface area (Å²) in [6, 6.07) is 0. The van der Waals surface area contributed by atoms with Crippen LogP contribution in [-0.2, 0) is 14.3 Å². The fourth-order valence-electron chi connectivity index (χ4n) is 14.3. The van der Waals surface area contributed by atoms with Gasteiger partial charge in [0.2, 0.25) is 11.8 Å². The van der Waals surface area contributed by atoms with Gasteiger partial charge in [-0.25, -0.2) is 4.79 Å². The van der Waals surface area contributed by atoms with Crippen molar-refractivity contribution in [2.45, 2.75) is 279 Å². The van der Waals surface area contributed by atoms with Gasteiger partial charge in [-0.2, -0.15) is 0 Å². The van der Waals surface area contributed by atoms with Crippen molar-refractivity contribution in [3.8, 4) is 0 Å². The minimum Gasteiger partial charge on any atom is -0.446 e. The lowest BCUT2D eigenvalue weighted by molar-refractivity contribution is -0.136. The number of unbranched alkanes of at least 4 members (excludes halogenated alkanes) is 21. The summed E-state index contributed by atoms with van der Waals surface area (Å²) < 4.78 is 6.09. The highest BCUT2D eigenvalue weighted by Crippen LogP contribution is 2.67. The number of allylic oxidation sites excluding steroid dienone is 1. The number of amides is 3. The Balaban J connectivity index is 1.09. The van der Waals surface area contributed by atoms with Gasteiger partial charge in [0.25, 0.3) is 0 Å². The first kappa shape index (κ1) is 59.5. The molecule has 0 bridgehead atoms. The van der Waals surface area contributed by atoms with Crippen molar-refractivity contribution in [3.63, 3.8) is 0 Å². The van der Waals surface area contributed by atoms with Gasteiger partial charge in [0.15, 0.2) is 0 Å². The summed E-state index contributed by atoms with van der Waals surface area (Å²) in [7, 11) is 0. The third-order valence-corrected chi connectivity index (χ3v) is 18.5. The summed E-state index contributed by atoms with van der Waals surface area (Å²) in [5, 5.41) is 6.11. The van der Waals surface area contributed by atoms with E-state index in [0.29, 0.717) is 38.0 Å².